The normalized spacial score (nSPS) is 10.3. The number of aryl methyl sites for hydroxylation is 2. The smallest absolute Gasteiger partial charge is 0.160 e. The van der Waals surface area contributed by atoms with Crippen LogP contribution in [0.15, 0.2) is 29.6 Å². The molecule has 0 bridgehead atoms. The highest BCUT2D eigenvalue weighted by Crippen LogP contribution is 2.28. The van der Waals surface area contributed by atoms with Crippen LogP contribution in [0, 0.1) is 13.8 Å². The summed E-state index contributed by atoms with van der Waals surface area (Å²) in [6.07, 6.45) is 0.892. The third kappa shape index (κ3) is 2.56. The van der Waals surface area contributed by atoms with Gasteiger partial charge in [0.2, 0.25) is 0 Å². The van der Waals surface area contributed by atoms with Crippen LogP contribution in [0.25, 0.3) is 0 Å². The van der Waals surface area contributed by atoms with Gasteiger partial charge in [0.15, 0.2) is 6.29 Å². The standard InChI is InChI=1S/C14H15NOS/c1-10-4-11(2)6-12(5-10)15(3)13-7-14(8-16)17-9-13/h4-9H,1-3H3. The fourth-order valence-corrected chi connectivity index (χ4v) is 2.60. The van der Waals surface area contributed by atoms with E-state index in [-0.39, 0.29) is 0 Å². The largest absolute Gasteiger partial charge is 0.344 e. The number of hydrogen-bond acceptors (Lipinski definition) is 3. The zero-order valence-corrected chi connectivity index (χ0v) is 11.0. The number of anilines is 2. The van der Waals surface area contributed by atoms with Gasteiger partial charge in [0.25, 0.3) is 0 Å². The molecule has 88 valence electrons. The predicted octanol–water partition coefficient (Wildman–Crippen LogP) is 3.95. The summed E-state index contributed by atoms with van der Waals surface area (Å²) in [7, 11) is 2.02. The first-order valence-electron chi connectivity index (χ1n) is 5.46. The van der Waals surface area contributed by atoms with Gasteiger partial charge in [-0.25, -0.2) is 0 Å². The molecular formula is C14H15NOS. The van der Waals surface area contributed by atoms with Crippen molar-refractivity contribution in [2.75, 3.05) is 11.9 Å². The van der Waals surface area contributed by atoms with E-state index in [9.17, 15) is 4.79 Å². The Hall–Kier alpha value is -1.61. The van der Waals surface area contributed by atoms with Gasteiger partial charge >= 0.3 is 0 Å². The summed E-state index contributed by atoms with van der Waals surface area (Å²) in [5, 5.41) is 2.00. The highest BCUT2D eigenvalue weighted by molar-refractivity contribution is 7.12. The summed E-state index contributed by atoms with van der Waals surface area (Å²) in [5.41, 5.74) is 4.70. The molecule has 1 aromatic carbocycles. The van der Waals surface area contributed by atoms with Crippen molar-refractivity contribution in [3.63, 3.8) is 0 Å². The lowest BCUT2D eigenvalue weighted by Gasteiger charge is -2.19. The van der Waals surface area contributed by atoms with Crippen LogP contribution in [0.2, 0.25) is 0 Å². The summed E-state index contributed by atoms with van der Waals surface area (Å²) < 4.78 is 0. The molecule has 0 aliphatic carbocycles. The zero-order valence-electron chi connectivity index (χ0n) is 10.2. The Balaban J connectivity index is 2.35. The van der Waals surface area contributed by atoms with Gasteiger partial charge in [-0.2, -0.15) is 0 Å². The lowest BCUT2D eigenvalue weighted by atomic mass is 10.1. The van der Waals surface area contributed by atoms with Gasteiger partial charge in [0.05, 0.1) is 10.6 Å². The van der Waals surface area contributed by atoms with E-state index in [1.54, 1.807) is 0 Å². The van der Waals surface area contributed by atoms with Crippen LogP contribution in [0.3, 0.4) is 0 Å². The van der Waals surface area contributed by atoms with Crippen LogP contribution in [-0.2, 0) is 0 Å². The Bertz CT molecular complexity index is 525. The maximum Gasteiger partial charge on any atom is 0.160 e. The molecule has 0 saturated heterocycles. The van der Waals surface area contributed by atoms with E-state index < -0.39 is 0 Å². The van der Waals surface area contributed by atoms with Crippen molar-refractivity contribution in [2.45, 2.75) is 13.8 Å². The van der Waals surface area contributed by atoms with E-state index in [0.717, 1.165) is 22.5 Å². The second kappa shape index (κ2) is 4.72. The maximum absolute atomic E-state index is 10.7. The Morgan fingerprint density at radius 2 is 1.71 bits per heavy atom. The summed E-state index contributed by atoms with van der Waals surface area (Å²) in [5.74, 6) is 0. The molecule has 17 heavy (non-hydrogen) atoms. The molecule has 2 rings (SSSR count). The molecule has 1 heterocycles. The van der Waals surface area contributed by atoms with E-state index in [1.165, 1.54) is 22.5 Å². The van der Waals surface area contributed by atoms with Crippen LogP contribution < -0.4 is 4.90 Å². The SMILES string of the molecule is Cc1cc(C)cc(N(C)c2csc(C=O)c2)c1. The van der Waals surface area contributed by atoms with Gasteiger partial charge in [-0.05, 0) is 43.2 Å². The average Bonchev–Trinajstić information content (AvgIpc) is 2.75. The molecule has 0 radical (unpaired) electrons. The molecular weight excluding hydrogens is 230 g/mol. The first kappa shape index (κ1) is 11.9. The molecule has 0 aliphatic rings. The highest BCUT2D eigenvalue weighted by atomic mass is 32.1. The van der Waals surface area contributed by atoms with Crippen LogP contribution in [0.1, 0.15) is 20.8 Å². The number of carbonyl (C=O) groups is 1. The Kier molecular flexibility index (Phi) is 3.29. The summed E-state index contributed by atoms with van der Waals surface area (Å²) in [4.78, 5) is 13.5. The van der Waals surface area contributed by atoms with Crippen molar-refractivity contribution in [3.05, 3.63) is 45.6 Å². The first-order chi connectivity index (χ1) is 8.10. The molecule has 2 aromatic rings. The van der Waals surface area contributed by atoms with Gasteiger partial charge in [-0.1, -0.05) is 6.07 Å². The Morgan fingerprint density at radius 3 is 2.24 bits per heavy atom. The van der Waals surface area contributed by atoms with Crippen molar-refractivity contribution in [1.82, 2.24) is 0 Å². The number of aldehydes is 1. The second-order valence-electron chi connectivity index (χ2n) is 4.23. The second-order valence-corrected chi connectivity index (χ2v) is 5.17. The minimum atomic E-state index is 0.760. The van der Waals surface area contributed by atoms with Crippen molar-refractivity contribution in [1.29, 1.82) is 0 Å². The Morgan fingerprint density at radius 1 is 1.06 bits per heavy atom. The van der Waals surface area contributed by atoms with Gasteiger partial charge in [-0.15, -0.1) is 11.3 Å². The molecule has 0 atom stereocenters. The molecule has 1 aromatic heterocycles. The zero-order chi connectivity index (χ0) is 12.4. The van der Waals surface area contributed by atoms with Gasteiger partial charge < -0.3 is 4.90 Å². The van der Waals surface area contributed by atoms with Crippen molar-refractivity contribution >= 4 is 29.0 Å². The molecule has 3 heteroatoms. The van der Waals surface area contributed by atoms with E-state index in [2.05, 4.69) is 36.9 Å². The summed E-state index contributed by atoms with van der Waals surface area (Å²) in [6, 6.07) is 8.35. The maximum atomic E-state index is 10.7. The number of nitrogens with zero attached hydrogens (tertiary/aromatic N) is 1. The van der Waals surface area contributed by atoms with Crippen LogP contribution in [-0.4, -0.2) is 13.3 Å². The Labute approximate surface area is 106 Å². The van der Waals surface area contributed by atoms with Gasteiger partial charge in [0.1, 0.15) is 0 Å². The lowest BCUT2D eigenvalue weighted by Crippen LogP contribution is -2.08. The van der Waals surface area contributed by atoms with Crippen molar-refractivity contribution in [3.8, 4) is 0 Å². The summed E-state index contributed by atoms with van der Waals surface area (Å²) in [6.45, 7) is 4.18. The number of benzene rings is 1. The molecule has 0 spiro atoms. The lowest BCUT2D eigenvalue weighted by molar-refractivity contribution is 0.112. The minimum Gasteiger partial charge on any atom is -0.344 e. The van der Waals surface area contributed by atoms with Crippen LogP contribution in [0.4, 0.5) is 11.4 Å². The third-order valence-corrected chi connectivity index (χ3v) is 3.55. The predicted molar refractivity (Wildman–Crippen MR) is 73.7 cm³/mol. The quantitative estimate of drug-likeness (QED) is 0.763. The third-order valence-electron chi connectivity index (χ3n) is 2.70. The summed E-state index contributed by atoms with van der Waals surface area (Å²) >= 11 is 1.47. The van der Waals surface area contributed by atoms with E-state index in [1.807, 2.05) is 18.5 Å². The number of hydrogen-bond donors (Lipinski definition) is 0. The molecule has 0 unspecified atom stereocenters. The van der Waals surface area contributed by atoms with Gasteiger partial charge in [0, 0.05) is 18.1 Å². The molecule has 0 amide bonds. The average molecular weight is 245 g/mol. The topological polar surface area (TPSA) is 20.3 Å². The number of thiophene rings is 1. The van der Waals surface area contributed by atoms with Crippen LogP contribution >= 0.6 is 11.3 Å². The van der Waals surface area contributed by atoms with Crippen molar-refractivity contribution in [2.24, 2.45) is 0 Å². The fraction of sp³-hybridized carbons (Fsp3) is 0.214. The molecule has 0 aliphatic heterocycles. The fourth-order valence-electron chi connectivity index (χ4n) is 1.87. The highest BCUT2D eigenvalue weighted by Gasteiger charge is 2.07. The number of carbonyl (C=O) groups excluding carboxylic acids is 1. The molecule has 0 saturated carbocycles. The van der Waals surface area contributed by atoms with E-state index in [4.69, 9.17) is 0 Å². The molecule has 0 N–H and O–H groups in total. The number of rotatable bonds is 3. The molecule has 2 nitrogen and oxygen atoms in total. The van der Waals surface area contributed by atoms with Crippen molar-refractivity contribution < 1.29 is 4.79 Å². The first-order valence-corrected chi connectivity index (χ1v) is 6.34. The minimum absolute atomic E-state index is 0.760. The molecule has 0 fully saturated rings. The van der Waals surface area contributed by atoms with Crippen LogP contribution in [0.5, 0.6) is 0 Å². The van der Waals surface area contributed by atoms with E-state index >= 15 is 0 Å². The van der Waals surface area contributed by atoms with Gasteiger partial charge in [-0.3, -0.25) is 4.79 Å². The monoisotopic (exact) mass is 245 g/mol. The van der Waals surface area contributed by atoms with E-state index in [0.29, 0.717) is 0 Å².